The number of nitrogens with zero attached hydrogens (tertiary/aromatic N) is 2. The van der Waals surface area contributed by atoms with Crippen molar-refractivity contribution in [1.29, 1.82) is 0 Å². The number of ether oxygens (including phenoxy) is 1. The monoisotopic (exact) mass is 224 g/mol. The number of rotatable bonds is 0. The molecule has 0 amide bonds. The van der Waals surface area contributed by atoms with Gasteiger partial charge in [0.1, 0.15) is 0 Å². The van der Waals surface area contributed by atoms with Crippen LogP contribution in [-0.2, 0) is 4.74 Å². The molecule has 0 fully saturated rings. The van der Waals surface area contributed by atoms with Gasteiger partial charge in [0.05, 0.1) is 0 Å². The van der Waals surface area contributed by atoms with Crippen molar-refractivity contribution < 1.29 is 4.74 Å². The van der Waals surface area contributed by atoms with E-state index >= 15 is 0 Å². The van der Waals surface area contributed by atoms with Crippen LogP contribution in [0.1, 0.15) is 6.92 Å². The second-order valence-corrected chi connectivity index (χ2v) is 3.55. The van der Waals surface area contributed by atoms with E-state index in [1.807, 2.05) is 6.92 Å². The van der Waals surface area contributed by atoms with Crippen molar-refractivity contribution in [2.75, 3.05) is 0 Å². The van der Waals surface area contributed by atoms with Gasteiger partial charge in [-0.2, -0.15) is 0 Å². The van der Waals surface area contributed by atoms with Crippen molar-refractivity contribution in [3.63, 3.8) is 0 Å². The van der Waals surface area contributed by atoms with E-state index in [4.69, 9.17) is 0 Å². The van der Waals surface area contributed by atoms with E-state index in [0.717, 1.165) is 0 Å². The van der Waals surface area contributed by atoms with Crippen LogP contribution in [0.15, 0.2) is 9.98 Å². The fourth-order valence-corrected chi connectivity index (χ4v) is 0.541. The third-order valence-corrected chi connectivity index (χ3v) is 1.26. The molecule has 3 nitrogen and oxygen atoms in total. The summed E-state index contributed by atoms with van der Waals surface area (Å²) in [5.74, 6) is 0. The van der Waals surface area contributed by atoms with Gasteiger partial charge in [-0.25, -0.2) is 9.98 Å². The van der Waals surface area contributed by atoms with E-state index in [0.29, 0.717) is 0 Å². The molecule has 0 saturated carbocycles. The van der Waals surface area contributed by atoms with Gasteiger partial charge in [0, 0.05) is 0 Å². The molecule has 0 saturated heterocycles. The molecule has 0 N–H and O–H groups in total. The summed E-state index contributed by atoms with van der Waals surface area (Å²) in [6, 6.07) is 0. The van der Waals surface area contributed by atoms with Crippen LogP contribution in [0.5, 0.6) is 0 Å². The molecule has 0 spiro atoms. The highest BCUT2D eigenvalue weighted by Crippen LogP contribution is 2.21. The molecule has 8 heavy (non-hydrogen) atoms. The first-order valence-corrected chi connectivity index (χ1v) is 3.20. The Labute approximate surface area is 61.0 Å². The van der Waals surface area contributed by atoms with Gasteiger partial charge in [0.15, 0.2) is 12.8 Å². The number of hydrogen-bond donors (Lipinski definition) is 0. The van der Waals surface area contributed by atoms with Gasteiger partial charge in [-0.3, -0.25) is 0 Å². The molecular weight excluding hydrogens is 219 g/mol. The molecule has 0 radical (unpaired) electrons. The van der Waals surface area contributed by atoms with Gasteiger partial charge < -0.3 is 4.74 Å². The zero-order valence-corrected chi connectivity index (χ0v) is 6.49. The summed E-state index contributed by atoms with van der Waals surface area (Å²) >= 11 is 2.12. The molecule has 0 unspecified atom stereocenters. The molecule has 1 aliphatic rings. The maximum Gasteiger partial charge on any atom is 0.204 e. The summed E-state index contributed by atoms with van der Waals surface area (Å²) in [5.41, 5.74) is 0. The Morgan fingerprint density at radius 3 is 2.25 bits per heavy atom. The summed E-state index contributed by atoms with van der Waals surface area (Å²) in [6.07, 6.45) is 2.78. The Bertz CT molecular complexity index is 127. The van der Waals surface area contributed by atoms with Crippen LogP contribution in [-0.4, -0.2) is 16.5 Å². The van der Waals surface area contributed by atoms with Gasteiger partial charge in [-0.15, -0.1) is 0 Å². The lowest BCUT2D eigenvalue weighted by atomic mass is 10.6. The number of alkyl halides is 1. The van der Waals surface area contributed by atoms with E-state index in [1.54, 1.807) is 0 Å². The Kier molecular flexibility index (Phi) is 1.50. The molecule has 0 aromatic rings. The second kappa shape index (κ2) is 2.00. The Hall–Kier alpha value is -0.130. The third-order valence-electron chi connectivity index (χ3n) is 0.698. The van der Waals surface area contributed by atoms with Crippen molar-refractivity contribution in [2.24, 2.45) is 9.98 Å². The minimum atomic E-state index is -0.337. The van der Waals surface area contributed by atoms with Gasteiger partial charge in [0.25, 0.3) is 0 Å². The van der Waals surface area contributed by atoms with E-state index in [9.17, 15) is 0 Å². The van der Waals surface area contributed by atoms with Crippen LogP contribution in [0, 0.1) is 0 Å². The minimum Gasteiger partial charge on any atom is -0.435 e. The van der Waals surface area contributed by atoms with E-state index < -0.39 is 0 Å². The standard InChI is InChI=1S/C4H5IN2O/c1-4(5)6-2-8-3-7-4/h2-3H,1H3. The summed E-state index contributed by atoms with van der Waals surface area (Å²) in [4.78, 5) is 7.81. The van der Waals surface area contributed by atoms with Gasteiger partial charge >= 0.3 is 0 Å². The Morgan fingerprint density at radius 1 is 1.50 bits per heavy atom. The van der Waals surface area contributed by atoms with Gasteiger partial charge in [-0.05, 0) is 29.5 Å². The molecule has 1 rings (SSSR count). The maximum absolute atomic E-state index is 4.62. The first kappa shape index (κ1) is 6.00. The zero-order valence-electron chi connectivity index (χ0n) is 4.34. The quantitative estimate of drug-likeness (QED) is 0.345. The summed E-state index contributed by atoms with van der Waals surface area (Å²) in [5, 5.41) is 0. The van der Waals surface area contributed by atoms with E-state index in [1.165, 1.54) is 12.8 Å². The highest BCUT2D eigenvalue weighted by molar-refractivity contribution is 14.1. The summed E-state index contributed by atoms with van der Waals surface area (Å²) < 4.78 is 4.28. The Morgan fingerprint density at radius 2 is 2.00 bits per heavy atom. The lowest BCUT2D eigenvalue weighted by Gasteiger charge is -2.12. The fraction of sp³-hybridized carbons (Fsp3) is 0.500. The number of halogens is 1. The molecule has 0 aromatic carbocycles. The van der Waals surface area contributed by atoms with Crippen LogP contribution >= 0.6 is 22.6 Å². The van der Waals surface area contributed by atoms with Crippen LogP contribution in [0.2, 0.25) is 0 Å². The summed E-state index contributed by atoms with van der Waals surface area (Å²) in [7, 11) is 0. The lowest BCUT2D eigenvalue weighted by molar-refractivity contribution is 0.543. The van der Waals surface area contributed by atoms with E-state index in [-0.39, 0.29) is 3.67 Å². The molecule has 0 atom stereocenters. The average molecular weight is 224 g/mol. The normalized spacial score (nSPS) is 22.8. The molecular formula is C4H5IN2O. The van der Waals surface area contributed by atoms with Crippen LogP contribution < -0.4 is 0 Å². The van der Waals surface area contributed by atoms with Crippen LogP contribution in [0.4, 0.5) is 0 Å². The largest absolute Gasteiger partial charge is 0.435 e. The SMILES string of the molecule is CC1(I)N=COC=N1. The van der Waals surface area contributed by atoms with Crippen LogP contribution in [0.25, 0.3) is 0 Å². The highest BCUT2D eigenvalue weighted by atomic mass is 127. The van der Waals surface area contributed by atoms with Crippen molar-refractivity contribution in [1.82, 2.24) is 0 Å². The second-order valence-electron chi connectivity index (χ2n) is 1.51. The summed E-state index contributed by atoms with van der Waals surface area (Å²) in [6.45, 7) is 1.89. The molecule has 0 aliphatic carbocycles. The van der Waals surface area contributed by atoms with Crippen molar-refractivity contribution >= 4 is 35.4 Å². The smallest absolute Gasteiger partial charge is 0.204 e. The van der Waals surface area contributed by atoms with Crippen molar-refractivity contribution in [3.05, 3.63) is 0 Å². The first-order chi connectivity index (χ1) is 3.71. The number of hydrogen-bond acceptors (Lipinski definition) is 3. The van der Waals surface area contributed by atoms with Gasteiger partial charge in [0.2, 0.25) is 3.67 Å². The molecule has 0 bridgehead atoms. The maximum atomic E-state index is 4.62. The first-order valence-electron chi connectivity index (χ1n) is 2.12. The molecule has 44 valence electrons. The average Bonchev–Trinajstić information content (AvgIpc) is 1.65. The number of aliphatic imine (C=N–C) groups is 2. The third kappa shape index (κ3) is 1.43. The van der Waals surface area contributed by atoms with Gasteiger partial charge in [-0.1, -0.05) is 0 Å². The molecule has 0 aromatic heterocycles. The highest BCUT2D eigenvalue weighted by Gasteiger charge is 2.15. The predicted octanol–water partition coefficient (Wildman–Crippen LogP) is 1.18. The molecule has 4 heteroatoms. The van der Waals surface area contributed by atoms with Crippen molar-refractivity contribution in [2.45, 2.75) is 10.6 Å². The zero-order chi connectivity index (χ0) is 6.04. The van der Waals surface area contributed by atoms with Crippen molar-refractivity contribution in [3.8, 4) is 0 Å². The van der Waals surface area contributed by atoms with Crippen LogP contribution in [0.3, 0.4) is 0 Å². The molecule has 1 aliphatic heterocycles. The van der Waals surface area contributed by atoms with E-state index in [2.05, 4.69) is 37.3 Å². The topological polar surface area (TPSA) is 34.0 Å². The predicted molar refractivity (Wildman–Crippen MR) is 40.5 cm³/mol. The fourth-order valence-electron chi connectivity index (χ4n) is 0.314. The minimum absolute atomic E-state index is 0.337. The molecule has 1 heterocycles. The Balaban J connectivity index is 2.69. The lowest BCUT2D eigenvalue weighted by Crippen LogP contribution is -2.13.